The molecule has 0 saturated heterocycles. The topological polar surface area (TPSA) is 123 Å². The average Bonchev–Trinajstić information content (AvgIpc) is 2.34. The smallest absolute Gasteiger partial charge is 0.217 e. The average molecular weight is 238 g/mol. The Kier molecular flexibility index (Phi) is 4.58. The summed E-state index contributed by atoms with van der Waals surface area (Å²) in [6.07, 6.45) is -0.0823. The highest BCUT2D eigenvalue weighted by molar-refractivity contribution is 6.29. The van der Waals surface area contributed by atoms with Crippen LogP contribution in [0.25, 0.3) is 10.4 Å². The summed E-state index contributed by atoms with van der Waals surface area (Å²) in [5.41, 5.74) is 8.34. The lowest BCUT2D eigenvalue weighted by Gasteiger charge is -2.35. The number of aliphatic imine (C=N–C) groups is 2. The third kappa shape index (κ3) is 2.78. The third-order valence-corrected chi connectivity index (χ3v) is 2.34. The molecule has 1 unspecified atom stereocenters. The number of azide groups is 1. The van der Waals surface area contributed by atoms with Gasteiger partial charge < -0.3 is 0 Å². The van der Waals surface area contributed by atoms with Crippen LogP contribution < -0.4 is 5.84 Å². The minimum Gasteiger partial charge on any atom is -0.294 e. The first-order chi connectivity index (χ1) is 8.17. The second-order valence-electron chi connectivity index (χ2n) is 3.18. The molecule has 9 nitrogen and oxygen atoms in total. The minimum atomic E-state index is -0.580. The van der Waals surface area contributed by atoms with Gasteiger partial charge in [-0.1, -0.05) is 13.8 Å². The van der Waals surface area contributed by atoms with Gasteiger partial charge in [0.2, 0.25) is 5.96 Å². The van der Waals surface area contributed by atoms with Crippen molar-refractivity contribution in [2.24, 2.45) is 20.9 Å². The number of carbonyl (C=O) groups excluding carboxylic acids is 1. The van der Waals surface area contributed by atoms with Crippen LogP contribution in [0, 0.1) is 0 Å². The van der Waals surface area contributed by atoms with Crippen LogP contribution in [0.1, 0.15) is 13.8 Å². The van der Waals surface area contributed by atoms with Crippen molar-refractivity contribution in [2.75, 3.05) is 13.1 Å². The van der Waals surface area contributed by atoms with Crippen molar-refractivity contribution >= 4 is 18.1 Å². The van der Waals surface area contributed by atoms with E-state index in [1.807, 2.05) is 18.7 Å². The fraction of sp³-hybridized carbons (Fsp3) is 0.625. The highest BCUT2D eigenvalue weighted by Crippen LogP contribution is 2.10. The summed E-state index contributed by atoms with van der Waals surface area (Å²) in [5.74, 6) is 5.63. The van der Waals surface area contributed by atoms with Gasteiger partial charge in [0, 0.05) is 4.91 Å². The predicted molar refractivity (Wildman–Crippen MR) is 62.8 cm³/mol. The van der Waals surface area contributed by atoms with Crippen LogP contribution in [0.15, 0.2) is 15.1 Å². The fourth-order valence-electron chi connectivity index (χ4n) is 1.46. The van der Waals surface area contributed by atoms with E-state index in [4.69, 9.17) is 11.4 Å². The van der Waals surface area contributed by atoms with Gasteiger partial charge in [0.1, 0.15) is 0 Å². The predicted octanol–water partition coefficient (Wildman–Crippen LogP) is 0.0648. The molecule has 0 spiro atoms. The number of carbonyl (C=O) groups is 1. The summed E-state index contributed by atoms with van der Waals surface area (Å²) >= 11 is 0. The van der Waals surface area contributed by atoms with E-state index < -0.39 is 6.29 Å². The molecular weight excluding hydrogens is 224 g/mol. The summed E-state index contributed by atoms with van der Waals surface area (Å²) in [4.78, 5) is 23.1. The van der Waals surface area contributed by atoms with Crippen LogP contribution in [0.3, 0.4) is 0 Å². The Bertz CT molecular complexity index is 392. The standard InChI is InChI=1S/C8H14N8O/c1-3-15(4-2)8-12-7(13-14-9)11-6(5-17)16(8)10/h5,8H,3-4,10H2,1-2H3. The van der Waals surface area contributed by atoms with E-state index in [0.29, 0.717) is 19.4 Å². The number of aldehydes is 1. The molecule has 1 atom stereocenters. The molecule has 0 bridgehead atoms. The van der Waals surface area contributed by atoms with Crippen molar-refractivity contribution in [3.8, 4) is 0 Å². The van der Waals surface area contributed by atoms with E-state index in [1.54, 1.807) is 0 Å². The first kappa shape index (κ1) is 13.1. The molecule has 0 amide bonds. The number of nitrogens with two attached hydrogens (primary N) is 1. The molecule has 9 heteroatoms. The van der Waals surface area contributed by atoms with Gasteiger partial charge in [0.15, 0.2) is 18.4 Å². The maximum atomic E-state index is 10.8. The minimum absolute atomic E-state index is 0.0145. The van der Waals surface area contributed by atoms with Gasteiger partial charge in [-0.05, 0) is 23.7 Å². The van der Waals surface area contributed by atoms with Crippen molar-refractivity contribution in [2.45, 2.75) is 20.1 Å². The zero-order valence-electron chi connectivity index (χ0n) is 9.69. The van der Waals surface area contributed by atoms with E-state index in [1.165, 1.54) is 0 Å². The highest BCUT2D eigenvalue weighted by atomic mass is 16.1. The third-order valence-electron chi connectivity index (χ3n) is 2.34. The van der Waals surface area contributed by atoms with Crippen molar-refractivity contribution < 1.29 is 4.79 Å². The number of hydrogen-bond donors (Lipinski definition) is 1. The molecule has 1 aliphatic rings. The normalized spacial score (nSPS) is 19.5. The van der Waals surface area contributed by atoms with E-state index in [9.17, 15) is 4.79 Å². The maximum absolute atomic E-state index is 10.8. The van der Waals surface area contributed by atoms with E-state index in [2.05, 4.69) is 20.0 Å². The number of hydrogen-bond acceptors (Lipinski definition) is 7. The Labute approximate surface area is 98.2 Å². The molecule has 1 rings (SSSR count). The lowest BCUT2D eigenvalue weighted by Crippen LogP contribution is -2.56. The molecule has 17 heavy (non-hydrogen) atoms. The molecule has 92 valence electrons. The van der Waals surface area contributed by atoms with Crippen molar-refractivity contribution in [1.82, 2.24) is 9.91 Å². The van der Waals surface area contributed by atoms with Gasteiger partial charge >= 0.3 is 0 Å². The van der Waals surface area contributed by atoms with Gasteiger partial charge in [-0.25, -0.2) is 15.8 Å². The van der Waals surface area contributed by atoms with Gasteiger partial charge in [-0.15, -0.1) is 0 Å². The van der Waals surface area contributed by atoms with Gasteiger partial charge in [-0.2, -0.15) is 0 Å². The first-order valence-electron chi connectivity index (χ1n) is 5.12. The van der Waals surface area contributed by atoms with Crippen molar-refractivity contribution in [3.05, 3.63) is 10.4 Å². The SMILES string of the molecule is CCN(CC)C1N=C(N=[N+]=[N-])N=C(C=O)N1N. The molecule has 0 fully saturated rings. The zero-order valence-corrected chi connectivity index (χ0v) is 9.69. The second-order valence-corrected chi connectivity index (χ2v) is 3.18. The molecule has 0 aromatic carbocycles. The Balaban J connectivity index is 3.09. The molecule has 0 radical (unpaired) electrons. The van der Waals surface area contributed by atoms with Crippen molar-refractivity contribution in [3.63, 3.8) is 0 Å². The molecule has 1 heterocycles. The van der Waals surface area contributed by atoms with E-state index in [0.717, 1.165) is 5.01 Å². The zero-order chi connectivity index (χ0) is 12.8. The fourth-order valence-corrected chi connectivity index (χ4v) is 1.46. The summed E-state index contributed by atoms with van der Waals surface area (Å²) in [6.45, 7) is 5.25. The molecule has 0 aromatic rings. The van der Waals surface area contributed by atoms with Gasteiger partial charge in [0.25, 0.3) is 0 Å². The number of nitrogens with zero attached hydrogens (tertiary/aromatic N) is 7. The Morgan fingerprint density at radius 3 is 2.76 bits per heavy atom. The van der Waals surface area contributed by atoms with Crippen LogP contribution in [0.4, 0.5) is 0 Å². The van der Waals surface area contributed by atoms with E-state index in [-0.39, 0.29) is 11.8 Å². The van der Waals surface area contributed by atoms with Crippen LogP contribution >= 0.6 is 0 Å². The largest absolute Gasteiger partial charge is 0.294 e. The summed E-state index contributed by atoms with van der Waals surface area (Å²) < 4.78 is 0. The summed E-state index contributed by atoms with van der Waals surface area (Å²) in [6, 6.07) is 0. The van der Waals surface area contributed by atoms with Crippen LogP contribution in [-0.4, -0.2) is 47.4 Å². The quantitative estimate of drug-likeness (QED) is 0.244. The Morgan fingerprint density at radius 2 is 2.29 bits per heavy atom. The molecule has 1 aliphatic heterocycles. The lowest BCUT2D eigenvalue weighted by molar-refractivity contribution is -0.103. The first-order valence-corrected chi connectivity index (χ1v) is 5.12. The molecule has 0 aromatic heterocycles. The summed E-state index contributed by atoms with van der Waals surface area (Å²) in [5, 5.41) is 4.44. The number of guanidine groups is 1. The maximum Gasteiger partial charge on any atom is 0.217 e. The Hall–Kier alpha value is -1.96. The second kappa shape index (κ2) is 5.94. The Morgan fingerprint density at radius 1 is 1.65 bits per heavy atom. The lowest BCUT2D eigenvalue weighted by atomic mass is 10.4. The van der Waals surface area contributed by atoms with Crippen LogP contribution in [0.5, 0.6) is 0 Å². The van der Waals surface area contributed by atoms with Crippen LogP contribution in [0.2, 0.25) is 0 Å². The number of amidine groups is 1. The number of hydrazine groups is 1. The monoisotopic (exact) mass is 238 g/mol. The molecule has 0 saturated carbocycles. The van der Waals surface area contributed by atoms with Gasteiger partial charge in [-0.3, -0.25) is 14.7 Å². The molecular formula is C8H14N8O. The van der Waals surface area contributed by atoms with Gasteiger partial charge in [0.05, 0.1) is 0 Å². The molecule has 2 N–H and O–H groups in total. The van der Waals surface area contributed by atoms with Crippen LogP contribution in [-0.2, 0) is 4.79 Å². The highest BCUT2D eigenvalue weighted by Gasteiger charge is 2.27. The van der Waals surface area contributed by atoms with E-state index >= 15 is 0 Å². The number of rotatable bonds is 4. The summed E-state index contributed by atoms with van der Waals surface area (Å²) in [7, 11) is 0. The molecule has 0 aliphatic carbocycles. The van der Waals surface area contributed by atoms with Crippen molar-refractivity contribution in [1.29, 1.82) is 0 Å².